The molecule has 1 aliphatic rings. The fourth-order valence-electron chi connectivity index (χ4n) is 2.46. The van der Waals surface area contributed by atoms with Gasteiger partial charge in [0.2, 0.25) is 0 Å². The number of rotatable bonds is 7. The van der Waals surface area contributed by atoms with Crippen molar-refractivity contribution in [2.24, 2.45) is 0 Å². The van der Waals surface area contributed by atoms with E-state index in [0.29, 0.717) is 0 Å². The largest absolute Gasteiger partial charge is 0.481 e. The van der Waals surface area contributed by atoms with Crippen molar-refractivity contribution < 1.29 is 44.7 Å². The number of carboxylic acid groups (broad SMARTS) is 2. The summed E-state index contributed by atoms with van der Waals surface area (Å²) in [5, 5.41) is 48.4. The molecular formula is C13H18N4O9. The monoisotopic (exact) mass is 374 g/mol. The number of nitrogens with two attached hydrogens (primary N) is 1. The molecule has 1 aromatic heterocycles. The summed E-state index contributed by atoms with van der Waals surface area (Å²) in [5.74, 6) is -4.33. The molecule has 0 aromatic carbocycles. The number of nitrogens with one attached hydrogen (secondary N) is 1. The van der Waals surface area contributed by atoms with Gasteiger partial charge >= 0.3 is 11.9 Å². The number of carboxylic acids is 2. The number of carbonyl (C=O) groups excluding carboxylic acids is 1. The molecule has 2 heterocycles. The topological polar surface area (TPSA) is 217 Å². The predicted molar refractivity (Wildman–Crippen MR) is 80.8 cm³/mol. The molecule has 2 rings (SSSR count). The highest BCUT2D eigenvalue weighted by atomic mass is 16.6. The van der Waals surface area contributed by atoms with Crippen molar-refractivity contribution in [3.63, 3.8) is 0 Å². The van der Waals surface area contributed by atoms with Gasteiger partial charge in [0.15, 0.2) is 11.9 Å². The zero-order valence-corrected chi connectivity index (χ0v) is 13.2. The number of hydrogen-bond donors (Lipinski definition) is 7. The van der Waals surface area contributed by atoms with Gasteiger partial charge in [-0.15, -0.1) is 0 Å². The first-order valence-corrected chi connectivity index (χ1v) is 7.37. The zero-order valence-electron chi connectivity index (χ0n) is 13.2. The predicted octanol–water partition coefficient (Wildman–Crippen LogP) is -3.27. The summed E-state index contributed by atoms with van der Waals surface area (Å²) >= 11 is 0. The molecule has 13 nitrogen and oxygen atoms in total. The van der Waals surface area contributed by atoms with Gasteiger partial charge in [0.25, 0.3) is 5.91 Å². The summed E-state index contributed by atoms with van der Waals surface area (Å²) in [4.78, 5) is 37.5. The summed E-state index contributed by atoms with van der Waals surface area (Å²) in [6.45, 7) is -0.563. The molecule has 1 aliphatic heterocycles. The molecule has 0 aliphatic carbocycles. The molecule has 13 heteroatoms. The SMILES string of the molecule is Nc1c(C(=O)N[C@H](CC(=O)O)C(=O)O)ncn1[C@@H]1O[C@H](CO)C(O)C1O. The van der Waals surface area contributed by atoms with Crippen molar-refractivity contribution in [2.75, 3.05) is 12.3 Å². The minimum Gasteiger partial charge on any atom is -0.481 e. The van der Waals surface area contributed by atoms with Gasteiger partial charge in [-0.25, -0.2) is 9.78 Å². The van der Waals surface area contributed by atoms with Crippen LogP contribution in [-0.2, 0) is 14.3 Å². The molecular weight excluding hydrogens is 356 g/mol. The van der Waals surface area contributed by atoms with Crippen LogP contribution in [0.25, 0.3) is 0 Å². The Kier molecular flexibility index (Phi) is 5.76. The van der Waals surface area contributed by atoms with Crippen molar-refractivity contribution in [2.45, 2.75) is 37.0 Å². The van der Waals surface area contributed by atoms with Crippen molar-refractivity contribution >= 4 is 23.7 Å². The molecule has 0 saturated carbocycles. The van der Waals surface area contributed by atoms with Gasteiger partial charge in [-0.2, -0.15) is 0 Å². The quantitative estimate of drug-likeness (QED) is 0.251. The average molecular weight is 374 g/mol. The van der Waals surface area contributed by atoms with Crippen LogP contribution in [0, 0.1) is 0 Å². The zero-order chi connectivity index (χ0) is 19.6. The van der Waals surface area contributed by atoms with Crippen LogP contribution >= 0.6 is 0 Å². The number of hydrogen-bond acceptors (Lipinski definition) is 9. The van der Waals surface area contributed by atoms with E-state index in [9.17, 15) is 24.6 Å². The first kappa shape index (κ1) is 19.6. The molecule has 1 aromatic rings. The lowest BCUT2D eigenvalue weighted by Gasteiger charge is -2.17. The molecule has 0 bridgehead atoms. The van der Waals surface area contributed by atoms with Gasteiger partial charge in [0.1, 0.15) is 30.2 Å². The second-order valence-electron chi connectivity index (χ2n) is 5.58. The van der Waals surface area contributed by atoms with Gasteiger partial charge in [0, 0.05) is 0 Å². The van der Waals surface area contributed by atoms with Crippen molar-refractivity contribution in [3.05, 3.63) is 12.0 Å². The van der Waals surface area contributed by atoms with E-state index in [1.807, 2.05) is 5.32 Å². The summed E-state index contributed by atoms with van der Waals surface area (Å²) in [5.41, 5.74) is 5.36. The number of ether oxygens (including phenoxy) is 1. The maximum absolute atomic E-state index is 12.1. The van der Waals surface area contributed by atoms with E-state index in [2.05, 4.69) is 4.98 Å². The van der Waals surface area contributed by atoms with Gasteiger partial charge in [-0.05, 0) is 0 Å². The van der Waals surface area contributed by atoms with E-state index in [4.69, 9.17) is 25.8 Å². The van der Waals surface area contributed by atoms with Crippen LogP contribution in [0.4, 0.5) is 5.82 Å². The Labute approximate surface area is 145 Å². The molecule has 0 spiro atoms. The molecule has 5 atom stereocenters. The lowest BCUT2D eigenvalue weighted by molar-refractivity contribution is -0.145. The Hall–Kier alpha value is -2.74. The maximum atomic E-state index is 12.1. The highest BCUT2D eigenvalue weighted by Gasteiger charge is 2.44. The van der Waals surface area contributed by atoms with E-state index >= 15 is 0 Å². The Balaban J connectivity index is 2.19. The molecule has 8 N–H and O–H groups in total. The molecule has 0 radical (unpaired) electrons. The highest BCUT2D eigenvalue weighted by molar-refractivity contribution is 5.99. The lowest BCUT2D eigenvalue weighted by atomic mass is 10.1. The van der Waals surface area contributed by atoms with Gasteiger partial charge in [-0.3, -0.25) is 14.2 Å². The van der Waals surface area contributed by atoms with E-state index in [-0.39, 0.29) is 5.82 Å². The number of aliphatic hydroxyl groups excluding tert-OH is 3. The molecule has 1 amide bonds. The third kappa shape index (κ3) is 3.75. The number of carbonyl (C=O) groups is 3. The van der Waals surface area contributed by atoms with E-state index < -0.39 is 67.1 Å². The van der Waals surface area contributed by atoms with Crippen LogP contribution in [0.1, 0.15) is 23.1 Å². The lowest BCUT2D eigenvalue weighted by Crippen LogP contribution is -2.42. The van der Waals surface area contributed by atoms with Crippen LogP contribution in [0.15, 0.2) is 6.33 Å². The number of aliphatic carboxylic acids is 2. The summed E-state index contributed by atoms with van der Waals surface area (Å²) in [6, 6.07) is -1.70. The van der Waals surface area contributed by atoms with E-state index in [1.54, 1.807) is 0 Å². The van der Waals surface area contributed by atoms with E-state index in [1.165, 1.54) is 0 Å². The van der Waals surface area contributed by atoms with Gasteiger partial charge in [-0.1, -0.05) is 0 Å². The Morgan fingerprint density at radius 2 is 1.96 bits per heavy atom. The van der Waals surface area contributed by atoms with Gasteiger partial charge < -0.3 is 41.3 Å². The first-order chi connectivity index (χ1) is 12.2. The summed E-state index contributed by atoms with van der Waals surface area (Å²) in [6.07, 6.45) is -4.98. The van der Waals surface area contributed by atoms with Crippen LogP contribution in [0.5, 0.6) is 0 Å². The number of nitrogens with zero attached hydrogens (tertiary/aromatic N) is 2. The molecule has 1 fully saturated rings. The summed E-state index contributed by atoms with van der Waals surface area (Å²) < 4.78 is 6.29. The number of aromatic nitrogens is 2. The fourth-order valence-corrected chi connectivity index (χ4v) is 2.46. The van der Waals surface area contributed by atoms with Crippen LogP contribution in [0.2, 0.25) is 0 Å². The molecule has 1 saturated heterocycles. The van der Waals surface area contributed by atoms with Gasteiger partial charge in [0.05, 0.1) is 19.4 Å². The van der Waals surface area contributed by atoms with Crippen LogP contribution in [-0.4, -0.2) is 83.9 Å². The Morgan fingerprint density at radius 3 is 2.46 bits per heavy atom. The second kappa shape index (κ2) is 7.65. The van der Waals surface area contributed by atoms with Crippen molar-refractivity contribution in [1.82, 2.24) is 14.9 Å². The normalized spacial score (nSPS) is 26.4. The molecule has 144 valence electrons. The number of imidazole rings is 1. The third-order valence-electron chi connectivity index (χ3n) is 3.82. The highest BCUT2D eigenvalue weighted by Crippen LogP contribution is 2.31. The number of aliphatic hydroxyl groups is 3. The van der Waals surface area contributed by atoms with Crippen molar-refractivity contribution in [1.29, 1.82) is 0 Å². The minimum atomic E-state index is -1.70. The maximum Gasteiger partial charge on any atom is 0.326 e. The van der Waals surface area contributed by atoms with E-state index in [0.717, 1.165) is 10.9 Å². The number of nitrogen functional groups attached to an aromatic ring is 1. The van der Waals surface area contributed by atoms with Crippen LogP contribution < -0.4 is 11.1 Å². The third-order valence-corrected chi connectivity index (χ3v) is 3.82. The molecule has 2 unspecified atom stereocenters. The summed E-state index contributed by atoms with van der Waals surface area (Å²) in [7, 11) is 0. The Morgan fingerprint density at radius 1 is 1.31 bits per heavy atom. The smallest absolute Gasteiger partial charge is 0.326 e. The second-order valence-corrected chi connectivity index (χ2v) is 5.58. The van der Waals surface area contributed by atoms with Crippen molar-refractivity contribution in [3.8, 4) is 0 Å². The number of amides is 1. The van der Waals surface area contributed by atoms with Crippen LogP contribution in [0.3, 0.4) is 0 Å². The average Bonchev–Trinajstić information content (AvgIpc) is 3.07. The Bertz CT molecular complexity index is 706. The molecule has 26 heavy (non-hydrogen) atoms. The fraction of sp³-hybridized carbons (Fsp3) is 0.538. The number of anilines is 1. The standard InChI is InChI=1S/C13H18N4O9/c14-10-7(11(23)16-4(13(24)25)1-6(19)20)15-3-17(10)12-9(22)8(21)5(2-18)26-12/h3-5,8-9,12,18,21-22H,1-2,14H2,(H,16,23)(H,19,20)(H,24,25)/t4-,5-,8?,9?,12-/m1/s1. The first-order valence-electron chi connectivity index (χ1n) is 7.37. The minimum absolute atomic E-state index is 0.309.